The fraction of sp³-hybridized carbons (Fsp3) is 0.611. The quantitative estimate of drug-likeness (QED) is 0.456. The van der Waals surface area contributed by atoms with Crippen LogP contribution in [0.1, 0.15) is 69.4 Å². The average Bonchev–Trinajstić information content (AvgIpc) is 2.51. The standard InChI is InChI=1S/C18H27NO2/c1-3-5-14-6-8-15(9-7-14)16-10-11-18(21-4-2)17(12-16)13-19-20/h10-15,20H,3-9H2,1-2H3/b19-13-/t14-,15-. The van der Waals surface area contributed by atoms with Gasteiger partial charge in [0.15, 0.2) is 0 Å². The van der Waals surface area contributed by atoms with Crippen molar-refractivity contribution in [2.24, 2.45) is 11.1 Å². The lowest BCUT2D eigenvalue weighted by atomic mass is 9.77. The molecule has 2 rings (SSSR count). The van der Waals surface area contributed by atoms with Gasteiger partial charge in [-0.1, -0.05) is 31.0 Å². The highest BCUT2D eigenvalue weighted by atomic mass is 16.5. The van der Waals surface area contributed by atoms with Crippen LogP contribution >= 0.6 is 0 Å². The first kappa shape index (κ1) is 15.9. The van der Waals surface area contributed by atoms with Gasteiger partial charge in [0.2, 0.25) is 0 Å². The zero-order chi connectivity index (χ0) is 15.1. The number of hydrogen-bond acceptors (Lipinski definition) is 3. The van der Waals surface area contributed by atoms with Crippen LogP contribution in [0.3, 0.4) is 0 Å². The van der Waals surface area contributed by atoms with Crippen molar-refractivity contribution in [3.05, 3.63) is 29.3 Å². The topological polar surface area (TPSA) is 41.8 Å². The van der Waals surface area contributed by atoms with Crippen molar-refractivity contribution in [3.63, 3.8) is 0 Å². The zero-order valence-corrected chi connectivity index (χ0v) is 13.2. The molecular formula is C18H27NO2. The molecule has 0 saturated heterocycles. The molecule has 1 aliphatic rings. The van der Waals surface area contributed by atoms with Crippen LogP contribution in [0, 0.1) is 5.92 Å². The van der Waals surface area contributed by atoms with E-state index in [9.17, 15) is 0 Å². The Morgan fingerprint density at radius 1 is 1.24 bits per heavy atom. The molecule has 0 amide bonds. The summed E-state index contributed by atoms with van der Waals surface area (Å²) in [5, 5.41) is 12.0. The van der Waals surface area contributed by atoms with Gasteiger partial charge in [-0.05, 0) is 62.1 Å². The van der Waals surface area contributed by atoms with Gasteiger partial charge < -0.3 is 9.94 Å². The van der Waals surface area contributed by atoms with Crippen LogP contribution in [0.15, 0.2) is 23.4 Å². The van der Waals surface area contributed by atoms with Gasteiger partial charge in [0.05, 0.1) is 12.8 Å². The zero-order valence-electron chi connectivity index (χ0n) is 13.2. The fourth-order valence-electron chi connectivity index (χ4n) is 3.46. The molecular weight excluding hydrogens is 262 g/mol. The molecule has 3 heteroatoms. The van der Waals surface area contributed by atoms with E-state index in [1.807, 2.05) is 13.0 Å². The highest BCUT2D eigenvalue weighted by Gasteiger charge is 2.22. The van der Waals surface area contributed by atoms with Gasteiger partial charge in [-0.3, -0.25) is 0 Å². The number of oxime groups is 1. The van der Waals surface area contributed by atoms with E-state index in [2.05, 4.69) is 24.2 Å². The largest absolute Gasteiger partial charge is 0.493 e. The Hall–Kier alpha value is -1.51. The van der Waals surface area contributed by atoms with Gasteiger partial charge in [0, 0.05) is 5.56 Å². The van der Waals surface area contributed by atoms with E-state index >= 15 is 0 Å². The third-order valence-electron chi connectivity index (χ3n) is 4.55. The monoisotopic (exact) mass is 289 g/mol. The van der Waals surface area contributed by atoms with Gasteiger partial charge in [-0.2, -0.15) is 0 Å². The van der Waals surface area contributed by atoms with Crippen molar-refractivity contribution >= 4 is 6.21 Å². The van der Waals surface area contributed by atoms with E-state index in [4.69, 9.17) is 9.94 Å². The fourth-order valence-corrected chi connectivity index (χ4v) is 3.46. The molecule has 1 N–H and O–H groups in total. The summed E-state index contributed by atoms with van der Waals surface area (Å²) in [5.74, 6) is 2.35. The summed E-state index contributed by atoms with van der Waals surface area (Å²) in [6.45, 7) is 4.86. The minimum Gasteiger partial charge on any atom is -0.493 e. The summed E-state index contributed by atoms with van der Waals surface area (Å²) in [6, 6.07) is 6.30. The van der Waals surface area contributed by atoms with Crippen LogP contribution in [-0.2, 0) is 0 Å². The van der Waals surface area contributed by atoms with Crippen molar-refractivity contribution in [1.29, 1.82) is 0 Å². The van der Waals surface area contributed by atoms with E-state index in [0.717, 1.165) is 17.2 Å². The Kier molecular flexibility index (Phi) is 6.09. The van der Waals surface area contributed by atoms with E-state index in [-0.39, 0.29) is 0 Å². The van der Waals surface area contributed by atoms with E-state index < -0.39 is 0 Å². The highest BCUT2D eigenvalue weighted by Crippen LogP contribution is 2.38. The van der Waals surface area contributed by atoms with E-state index in [0.29, 0.717) is 12.5 Å². The molecule has 0 aliphatic heterocycles. The molecule has 1 aromatic carbocycles. The molecule has 0 unspecified atom stereocenters. The van der Waals surface area contributed by atoms with Crippen LogP contribution in [0.5, 0.6) is 5.75 Å². The molecule has 1 aromatic rings. The highest BCUT2D eigenvalue weighted by molar-refractivity contribution is 5.83. The minimum atomic E-state index is 0.619. The number of hydrogen-bond donors (Lipinski definition) is 1. The molecule has 1 aliphatic carbocycles. The lowest BCUT2D eigenvalue weighted by Gasteiger charge is -2.29. The number of ether oxygens (including phenoxy) is 1. The normalized spacial score (nSPS) is 22.6. The second-order valence-electron chi connectivity index (χ2n) is 5.98. The second kappa shape index (κ2) is 8.06. The van der Waals surface area contributed by atoms with Crippen molar-refractivity contribution in [1.82, 2.24) is 0 Å². The first-order valence-corrected chi connectivity index (χ1v) is 8.22. The van der Waals surface area contributed by atoms with Crippen LogP contribution in [-0.4, -0.2) is 18.0 Å². The Morgan fingerprint density at radius 2 is 2.00 bits per heavy atom. The third-order valence-corrected chi connectivity index (χ3v) is 4.55. The maximum Gasteiger partial charge on any atom is 0.128 e. The van der Waals surface area contributed by atoms with Crippen molar-refractivity contribution in [2.75, 3.05) is 6.61 Å². The number of benzene rings is 1. The molecule has 1 saturated carbocycles. The molecule has 0 spiro atoms. The van der Waals surface area contributed by atoms with E-state index in [1.165, 1.54) is 50.3 Å². The van der Waals surface area contributed by atoms with Crippen molar-refractivity contribution < 1.29 is 9.94 Å². The average molecular weight is 289 g/mol. The summed E-state index contributed by atoms with van der Waals surface area (Å²) in [4.78, 5) is 0. The SMILES string of the molecule is CCC[C@H]1CC[C@H](c2ccc(OCC)c(/C=N\O)c2)CC1. The molecule has 21 heavy (non-hydrogen) atoms. The predicted molar refractivity (Wildman–Crippen MR) is 86.6 cm³/mol. The van der Waals surface area contributed by atoms with Crippen molar-refractivity contribution in [3.8, 4) is 5.75 Å². The summed E-state index contributed by atoms with van der Waals surface area (Å²) in [7, 11) is 0. The van der Waals surface area contributed by atoms with Gasteiger partial charge in [-0.15, -0.1) is 0 Å². The predicted octanol–water partition coefficient (Wildman–Crippen LogP) is 4.97. The molecule has 116 valence electrons. The van der Waals surface area contributed by atoms with Gasteiger partial charge in [0.1, 0.15) is 5.75 Å². The molecule has 0 aromatic heterocycles. The van der Waals surface area contributed by atoms with Gasteiger partial charge in [0.25, 0.3) is 0 Å². The summed E-state index contributed by atoms with van der Waals surface area (Å²) >= 11 is 0. The minimum absolute atomic E-state index is 0.619. The van der Waals surface area contributed by atoms with Crippen LogP contribution in [0.4, 0.5) is 0 Å². The molecule has 0 radical (unpaired) electrons. The second-order valence-corrected chi connectivity index (χ2v) is 5.98. The Balaban J connectivity index is 2.08. The summed E-state index contributed by atoms with van der Waals surface area (Å²) in [5.41, 5.74) is 2.22. The molecule has 1 fully saturated rings. The lowest BCUT2D eigenvalue weighted by molar-refractivity contribution is 0.307. The third kappa shape index (κ3) is 4.23. The Labute approximate surface area is 128 Å². The van der Waals surface area contributed by atoms with Gasteiger partial charge in [-0.25, -0.2) is 0 Å². The molecule has 3 nitrogen and oxygen atoms in total. The molecule has 0 bridgehead atoms. The van der Waals surface area contributed by atoms with Gasteiger partial charge >= 0.3 is 0 Å². The molecule has 0 heterocycles. The maximum atomic E-state index is 8.82. The van der Waals surface area contributed by atoms with Crippen LogP contribution < -0.4 is 4.74 Å². The molecule has 0 atom stereocenters. The smallest absolute Gasteiger partial charge is 0.128 e. The van der Waals surface area contributed by atoms with Crippen molar-refractivity contribution in [2.45, 2.75) is 58.3 Å². The Bertz CT molecular complexity index is 462. The number of rotatable bonds is 6. The summed E-state index contributed by atoms with van der Waals surface area (Å²) < 4.78 is 5.58. The first-order valence-electron chi connectivity index (χ1n) is 8.22. The maximum absolute atomic E-state index is 8.82. The van der Waals surface area contributed by atoms with E-state index in [1.54, 1.807) is 0 Å². The number of nitrogens with zero attached hydrogens (tertiary/aromatic N) is 1. The lowest BCUT2D eigenvalue weighted by Crippen LogP contribution is -2.13. The first-order chi connectivity index (χ1) is 10.3. The van der Waals surface area contributed by atoms with Crippen LogP contribution in [0.25, 0.3) is 0 Å². The van der Waals surface area contributed by atoms with Crippen LogP contribution in [0.2, 0.25) is 0 Å². The summed E-state index contributed by atoms with van der Waals surface area (Å²) in [6.07, 6.45) is 9.37. The Morgan fingerprint density at radius 3 is 2.62 bits per heavy atom.